The molecule has 2 heteroatoms. The monoisotopic (exact) mass is 227 g/mol. The lowest BCUT2D eigenvalue weighted by Gasteiger charge is -2.14. The summed E-state index contributed by atoms with van der Waals surface area (Å²) in [5.74, 6) is 0. The van der Waals surface area contributed by atoms with E-state index in [1.165, 1.54) is 22.5 Å². The third-order valence-corrected chi connectivity index (χ3v) is 3.06. The molecule has 2 rings (SSSR count). The lowest BCUT2D eigenvalue weighted by Crippen LogP contribution is -2.30. The van der Waals surface area contributed by atoms with Gasteiger partial charge >= 0.3 is 0 Å². The lowest BCUT2D eigenvalue weighted by atomic mass is 10.0. The Kier molecular flexibility index (Phi) is 3.14. The minimum Gasteiger partial charge on any atom is -0.378 e. The van der Waals surface area contributed by atoms with E-state index in [0.717, 1.165) is 0 Å². The minimum atomic E-state index is 1.24. The van der Waals surface area contributed by atoms with Crippen molar-refractivity contribution in [1.82, 2.24) is 0 Å². The first-order chi connectivity index (χ1) is 8.09. The summed E-state index contributed by atoms with van der Waals surface area (Å²) in [6.07, 6.45) is 2.08. The van der Waals surface area contributed by atoms with Gasteiger partial charge in [0.05, 0.1) is 0 Å². The molecule has 2 nitrogen and oxygen atoms in total. The molecule has 0 aliphatic heterocycles. The Morgan fingerprint density at radius 1 is 1.06 bits per heavy atom. The van der Waals surface area contributed by atoms with Crippen molar-refractivity contribution in [2.75, 3.05) is 19.0 Å². The molecule has 0 atom stereocenters. The zero-order valence-electron chi connectivity index (χ0n) is 10.9. The Labute approximate surface area is 103 Å². The van der Waals surface area contributed by atoms with Crippen LogP contribution < -0.4 is 9.47 Å². The number of aromatic nitrogens is 1. The Morgan fingerprint density at radius 3 is 2.41 bits per heavy atom. The Morgan fingerprint density at radius 2 is 1.82 bits per heavy atom. The Bertz CT molecular complexity index is 530. The molecular weight excluding hydrogens is 208 g/mol. The van der Waals surface area contributed by atoms with Crippen LogP contribution >= 0.6 is 0 Å². The predicted octanol–water partition coefficient (Wildman–Crippen LogP) is 2.55. The van der Waals surface area contributed by atoms with Gasteiger partial charge in [-0.15, -0.1) is 0 Å². The molecule has 1 aromatic carbocycles. The Balaban J connectivity index is 2.51. The predicted molar refractivity (Wildman–Crippen MR) is 72.1 cm³/mol. The Hall–Kier alpha value is -1.83. The van der Waals surface area contributed by atoms with Crippen molar-refractivity contribution < 1.29 is 4.57 Å². The van der Waals surface area contributed by atoms with Gasteiger partial charge in [-0.3, -0.25) is 0 Å². The van der Waals surface area contributed by atoms with Crippen LogP contribution in [-0.4, -0.2) is 14.1 Å². The van der Waals surface area contributed by atoms with E-state index in [0.29, 0.717) is 0 Å². The van der Waals surface area contributed by atoms with Crippen molar-refractivity contribution in [3.05, 3.63) is 48.2 Å². The highest BCUT2D eigenvalue weighted by Crippen LogP contribution is 2.24. The smallest absolute Gasteiger partial charge is 0.212 e. The molecule has 0 aliphatic rings. The quantitative estimate of drug-likeness (QED) is 0.715. The van der Waals surface area contributed by atoms with E-state index in [2.05, 4.69) is 74.1 Å². The molecule has 1 aromatic heterocycles. The fourth-order valence-corrected chi connectivity index (χ4v) is 2.02. The first-order valence-corrected chi connectivity index (χ1v) is 5.82. The van der Waals surface area contributed by atoms with E-state index in [1.54, 1.807) is 0 Å². The summed E-state index contributed by atoms with van der Waals surface area (Å²) in [6.45, 7) is 2.16. The second kappa shape index (κ2) is 4.58. The zero-order valence-corrected chi connectivity index (χ0v) is 10.9. The molecule has 1 heterocycles. The molecule has 2 aromatic rings. The van der Waals surface area contributed by atoms with Gasteiger partial charge in [-0.05, 0) is 36.8 Å². The van der Waals surface area contributed by atoms with Crippen LogP contribution in [0, 0.1) is 6.92 Å². The van der Waals surface area contributed by atoms with E-state index in [9.17, 15) is 0 Å². The highest BCUT2D eigenvalue weighted by atomic mass is 15.1. The highest BCUT2D eigenvalue weighted by molar-refractivity contribution is 5.65. The van der Waals surface area contributed by atoms with E-state index >= 15 is 0 Å². The topological polar surface area (TPSA) is 7.12 Å². The summed E-state index contributed by atoms with van der Waals surface area (Å²) < 4.78 is 2.15. The van der Waals surface area contributed by atoms with Crippen molar-refractivity contribution in [2.45, 2.75) is 6.92 Å². The van der Waals surface area contributed by atoms with Gasteiger partial charge in [0.1, 0.15) is 7.05 Å². The zero-order chi connectivity index (χ0) is 12.4. The van der Waals surface area contributed by atoms with Gasteiger partial charge in [0.15, 0.2) is 6.20 Å². The third kappa shape index (κ3) is 2.31. The molecule has 88 valence electrons. The van der Waals surface area contributed by atoms with Crippen LogP contribution in [-0.2, 0) is 7.05 Å². The molecule has 0 radical (unpaired) electrons. The maximum Gasteiger partial charge on any atom is 0.212 e. The van der Waals surface area contributed by atoms with Gasteiger partial charge in [-0.1, -0.05) is 0 Å². The molecule has 0 N–H and O–H groups in total. The number of anilines is 1. The van der Waals surface area contributed by atoms with Crippen molar-refractivity contribution in [3.8, 4) is 11.3 Å². The molecule has 0 spiro atoms. The largest absolute Gasteiger partial charge is 0.378 e. The van der Waals surface area contributed by atoms with Crippen LogP contribution in [0.5, 0.6) is 0 Å². The SMILES string of the molecule is Cc1cc(N(C)C)ccc1-c1cccc[n+]1C. The van der Waals surface area contributed by atoms with Gasteiger partial charge < -0.3 is 4.90 Å². The van der Waals surface area contributed by atoms with Crippen LogP contribution in [0.25, 0.3) is 11.3 Å². The normalized spacial score (nSPS) is 10.4. The van der Waals surface area contributed by atoms with Crippen LogP contribution in [0.3, 0.4) is 0 Å². The molecule has 0 unspecified atom stereocenters. The van der Waals surface area contributed by atoms with Crippen molar-refractivity contribution in [1.29, 1.82) is 0 Å². The van der Waals surface area contributed by atoms with E-state index in [-0.39, 0.29) is 0 Å². The maximum atomic E-state index is 2.22. The summed E-state index contributed by atoms with van der Waals surface area (Å²) in [7, 11) is 6.21. The second-order valence-corrected chi connectivity index (χ2v) is 4.59. The average Bonchev–Trinajstić information content (AvgIpc) is 2.30. The molecule has 0 saturated carbocycles. The molecule has 0 aliphatic carbocycles. The van der Waals surface area contributed by atoms with E-state index < -0.39 is 0 Å². The van der Waals surface area contributed by atoms with Gasteiger partial charge in [-0.25, -0.2) is 4.57 Å². The van der Waals surface area contributed by atoms with Crippen LogP contribution in [0.1, 0.15) is 5.56 Å². The summed E-state index contributed by atoms with van der Waals surface area (Å²) in [5, 5.41) is 0. The number of benzene rings is 1. The second-order valence-electron chi connectivity index (χ2n) is 4.59. The molecule has 0 bridgehead atoms. The first-order valence-electron chi connectivity index (χ1n) is 5.82. The summed E-state index contributed by atoms with van der Waals surface area (Å²) in [6, 6.07) is 12.9. The first kappa shape index (κ1) is 11.6. The molecule has 17 heavy (non-hydrogen) atoms. The van der Waals surface area contributed by atoms with Crippen molar-refractivity contribution in [3.63, 3.8) is 0 Å². The van der Waals surface area contributed by atoms with Crippen molar-refractivity contribution >= 4 is 5.69 Å². The fraction of sp³-hybridized carbons (Fsp3) is 0.267. The number of hydrogen-bond donors (Lipinski definition) is 0. The van der Waals surface area contributed by atoms with E-state index in [4.69, 9.17) is 0 Å². The summed E-state index contributed by atoms with van der Waals surface area (Å²) in [4.78, 5) is 2.13. The van der Waals surface area contributed by atoms with Crippen molar-refractivity contribution in [2.24, 2.45) is 7.05 Å². The average molecular weight is 227 g/mol. The lowest BCUT2D eigenvalue weighted by molar-refractivity contribution is -0.660. The highest BCUT2D eigenvalue weighted by Gasteiger charge is 2.11. The molecular formula is C15H19N2+. The standard InChI is InChI=1S/C15H19N2/c1-12-11-13(16(2)3)8-9-14(12)15-7-5-6-10-17(15)4/h5-11H,1-4H3/q+1. The number of nitrogens with zero attached hydrogens (tertiary/aromatic N) is 2. The van der Waals surface area contributed by atoms with Gasteiger partial charge in [0.25, 0.3) is 0 Å². The van der Waals surface area contributed by atoms with Crippen LogP contribution in [0.15, 0.2) is 42.6 Å². The van der Waals surface area contributed by atoms with Crippen LogP contribution in [0.2, 0.25) is 0 Å². The minimum absolute atomic E-state index is 1.24. The summed E-state index contributed by atoms with van der Waals surface area (Å²) >= 11 is 0. The third-order valence-electron chi connectivity index (χ3n) is 3.06. The van der Waals surface area contributed by atoms with Gasteiger partial charge in [-0.2, -0.15) is 0 Å². The van der Waals surface area contributed by atoms with E-state index in [1.807, 2.05) is 6.07 Å². The molecule has 0 saturated heterocycles. The molecule has 0 fully saturated rings. The maximum absolute atomic E-state index is 2.22. The summed E-state index contributed by atoms with van der Waals surface area (Å²) in [5.41, 5.74) is 5.08. The van der Waals surface area contributed by atoms with Gasteiger partial charge in [0.2, 0.25) is 5.69 Å². The molecule has 0 amide bonds. The van der Waals surface area contributed by atoms with Crippen LogP contribution in [0.4, 0.5) is 5.69 Å². The number of aryl methyl sites for hydroxylation is 2. The fourth-order valence-electron chi connectivity index (χ4n) is 2.02. The number of rotatable bonds is 2. The van der Waals surface area contributed by atoms with Gasteiger partial charge in [0, 0.05) is 37.5 Å². The number of hydrogen-bond acceptors (Lipinski definition) is 1. The number of pyridine rings is 1.